The van der Waals surface area contributed by atoms with E-state index < -0.39 is 5.97 Å². The van der Waals surface area contributed by atoms with Gasteiger partial charge in [0.2, 0.25) is 0 Å². The third-order valence-corrected chi connectivity index (χ3v) is 2.08. The number of carboxylic acids is 1. The fourth-order valence-electron chi connectivity index (χ4n) is 0.716. The molecule has 0 saturated carbocycles. The SMILES string of the molecule is CC(=O)[O-].CC[SH+]c1ccccc1. The van der Waals surface area contributed by atoms with Crippen molar-refractivity contribution < 1.29 is 9.90 Å². The second-order valence-corrected chi connectivity index (χ2v) is 3.77. The van der Waals surface area contributed by atoms with E-state index in [1.807, 2.05) is 0 Å². The number of benzene rings is 1. The molecule has 0 saturated heterocycles. The van der Waals surface area contributed by atoms with Crippen LogP contribution < -0.4 is 5.11 Å². The number of hydrogen-bond donors (Lipinski definition) is 0. The third kappa shape index (κ3) is 8.95. The predicted octanol–water partition coefficient (Wildman–Crippen LogP) is 0.636. The highest BCUT2D eigenvalue weighted by atomic mass is 32.2. The van der Waals surface area contributed by atoms with Gasteiger partial charge in [-0.2, -0.15) is 0 Å². The average Bonchev–Trinajstić information content (AvgIpc) is 2.06. The minimum atomic E-state index is -1.08. The lowest BCUT2D eigenvalue weighted by molar-refractivity contribution is -0.302. The first-order valence-corrected chi connectivity index (χ1v) is 5.15. The summed E-state index contributed by atoms with van der Waals surface area (Å²) in [6.45, 7) is 3.16. The Labute approximate surface area is 83.0 Å². The summed E-state index contributed by atoms with van der Waals surface area (Å²) < 4.78 is 0. The molecule has 0 bridgehead atoms. The van der Waals surface area contributed by atoms with E-state index in [1.165, 1.54) is 22.4 Å². The number of thiol groups is 1. The molecule has 3 heteroatoms. The average molecular weight is 198 g/mol. The molecule has 0 aliphatic rings. The van der Waals surface area contributed by atoms with E-state index in [2.05, 4.69) is 37.3 Å². The molecule has 0 atom stereocenters. The zero-order valence-corrected chi connectivity index (χ0v) is 8.75. The molecule has 1 aromatic rings. The van der Waals surface area contributed by atoms with Crippen molar-refractivity contribution in [2.45, 2.75) is 18.7 Å². The van der Waals surface area contributed by atoms with Crippen molar-refractivity contribution >= 4 is 17.7 Å². The highest BCUT2D eigenvalue weighted by Crippen LogP contribution is 2.00. The Balaban J connectivity index is 0.000000310. The fourth-order valence-corrected chi connectivity index (χ4v) is 1.46. The van der Waals surface area contributed by atoms with Gasteiger partial charge in [0.15, 0.2) is 4.90 Å². The molecule has 72 valence electrons. The first kappa shape index (κ1) is 12.0. The van der Waals surface area contributed by atoms with Gasteiger partial charge in [-0.3, -0.25) is 0 Å². The van der Waals surface area contributed by atoms with E-state index in [-0.39, 0.29) is 0 Å². The summed E-state index contributed by atoms with van der Waals surface area (Å²) in [5.74, 6) is 0.129. The molecule has 0 unspecified atom stereocenters. The summed E-state index contributed by atoms with van der Waals surface area (Å²) >= 11 is 1.43. The van der Waals surface area contributed by atoms with Crippen molar-refractivity contribution in [3.8, 4) is 0 Å². The van der Waals surface area contributed by atoms with Gasteiger partial charge in [-0.1, -0.05) is 18.2 Å². The second kappa shape index (κ2) is 7.68. The predicted molar refractivity (Wildman–Crippen MR) is 54.7 cm³/mol. The number of carbonyl (C=O) groups excluding carboxylic acids is 1. The van der Waals surface area contributed by atoms with Crippen molar-refractivity contribution in [3.63, 3.8) is 0 Å². The molecular formula is C10H14O2S. The summed E-state index contributed by atoms with van der Waals surface area (Å²) in [7, 11) is 0. The van der Waals surface area contributed by atoms with Crippen LogP contribution in [0.15, 0.2) is 35.2 Å². The molecule has 1 aromatic carbocycles. The first-order chi connectivity index (χ1) is 6.16. The summed E-state index contributed by atoms with van der Waals surface area (Å²) in [5, 5.41) is 8.89. The first-order valence-electron chi connectivity index (χ1n) is 4.07. The Bertz CT molecular complexity index is 230. The normalized spacial score (nSPS) is 8.46. The van der Waals surface area contributed by atoms with E-state index in [1.54, 1.807) is 0 Å². The maximum absolute atomic E-state index is 8.89. The molecule has 1 rings (SSSR count). The molecule has 0 heterocycles. The van der Waals surface area contributed by atoms with Crippen LogP contribution in [0.1, 0.15) is 13.8 Å². The number of aliphatic carboxylic acids is 1. The summed E-state index contributed by atoms with van der Waals surface area (Å²) in [5.41, 5.74) is 0. The molecule has 0 aromatic heterocycles. The molecule has 0 spiro atoms. The van der Waals surface area contributed by atoms with Crippen LogP contribution in [0, 0.1) is 0 Å². The fraction of sp³-hybridized carbons (Fsp3) is 0.300. The molecular weight excluding hydrogens is 184 g/mol. The Hall–Kier alpha value is -0.960. The van der Waals surface area contributed by atoms with E-state index in [4.69, 9.17) is 9.90 Å². The molecule has 0 amide bonds. The lowest BCUT2D eigenvalue weighted by atomic mass is 10.4. The Morgan fingerprint density at radius 2 is 1.85 bits per heavy atom. The van der Waals surface area contributed by atoms with Crippen LogP contribution in [0.5, 0.6) is 0 Å². The third-order valence-electron chi connectivity index (χ3n) is 1.10. The zero-order valence-electron chi connectivity index (χ0n) is 7.86. The summed E-state index contributed by atoms with van der Waals surface area (Å²) in [6.07, 6.45) is 0. The van der Waals surface area contributed by atoms with Gasteiger partial charge in [0.1, 0.15) is 5.75 Å². The van der Waals surface area contributed by atoms with E-state index in [0.717, 1.165) is 6.92 Å². The number of carbonyl (C=O) groups is 1. The van der Waals surface area contributed by atoms with Gasteiger partial charge >= 0.3 is 0 Å². The zero-order chi connectivity index (χ0) is 10.1. The van der Waals surface area contributed by atoms with Crippen LogP contribution in [-0.4, -0.2) is 11.7 Å². The summed E-state index contributed by atoms with van der Waals surface area (Å²) in [4.78, 5) is 10.3. The van der Waals surface area contributed by atoms with E-state index in [9.17, 15) is 0 Å². The molecule has 0 radical (unpaired) electrons. The summed E-state index contributed by atoms with van der Waals surface area (Å²) in [6, 6.07) is 10.5. The van der Waals surface area contributed by atoms with Crippen LogP contribution in [0.4, 0.5) is 0 Å². The number of carboxylic acid groups (broad SMARTS) is 1. The minimum absolute atomic E-state index is 0.972. The van der Waals surface area contributed by atoms with Gasteiger partial charge in [0.25, 0.3) is 0 Å². The standard InChI is InChI=1S/C8H10S.C2H4O2/c1-2-9-8-6-4-3-5-7-8;1-2(3)4/h3-7H,2H2,1H3;1H3,(H,3,4). The number of hydrogen-bond acceptors (Lipinski definition) is 2. The van der Waals surface area contributed by atoms with Gasteiger partial charge in [-0.05, 0) is 26.0 Å². The van der Waals surface area contributed by atoms with Gasteiger partial charge in [-0.25, -0.2) is 0 Å². The molecule has 13 heavy (non-hydrogen) atoms. The van der Waals surface area contributed by atoms with Crippen molar-refractivity contribution in [1.82, 2.24) is 0 Å². The minimum Gasteiger partial charge on any atom is -0.550 e. The topological polar surface area (TPSA) is 40.1 Å². The van der Waals surface area contributed by atoms with Crippen LogP contribution in [0.3, 0.4) is 0 Å². The highest BCUT2D eigenvalue weighted by molar-refractivity contribution is 7.78. The van der Waals surface area contributed by atoms with Crippen LogP contribution >= 0.6 is 0 Å². The van der Waals surface area contributed by atoms with E-state index >= 15 is 0 Å². The molecule has 0 fully saturated rings. The van der Waals surface area contributed by atoms with Crippen molar-refractivity contribution in [1.29, 1.82) is 0 Å². The van der Waals surface area contributed by atoms with E-state index in [0.29, 0.717) is 0 Å². The molecule has 0 aliphatic carbocycles. The van der Waals surface area contributed by atoms with Gasteiger partial charge < -0.3 is 9.90 Å². The van der Waals surface area contributed by atoms with Crippen LogP contribution in [0.25, 0.3) is 0 Å². The molecule has 0 aliphatic heterocycles. The Morgan fingerprint density at radius 1 is 1.38 bits per heavy atom. The van der Waals surface area contributed by atoms with Crippen molar-refractivity contribution in [2.24, 2.45) is 0 Å². The van der Waals surface area contributed by atoms with Crippen LogP contribution in [0.2, 0.25) is 0 Å². The lowest BCUT2D eigenvalue weighted by Crippen LogP contribution is -2.16. The van der Waals surface area contributed by atoms with Crippen LogP contribution in [-0.2, 0) is 16.6 Å². The quantitative estimate of drug-likeness (QED) is 0.517. The second-order valence-electron chi connectivity index (χ2n) is 2.30. The Kier molecular flexibility index (Phi) is 7.11. The number of rotatable bonds is 2. The maximum atomic E-state index is 8.89. The molecule has 2 nitrogen and oxygen atoms in total. The lowest BCUT2D eigenvalue weighted by Gasteiger charge is -1.84. The van der Waals surface area contributed by atoms with Gasteiger partial charge in [0.05, 0.1) is 0 Å². The monoisotopic (exact) mass is 198 g/mol. The van der Waals surface area contributed by atoms with Crippen molar-refractivity contribution in [2.75, 3.05) is 5.75 Å². The van der Waals surface area contributed by atoms with Gasteiger partial charge in [-0.15, -0.1) is 0 Å². The Morgan fingerprint density at radius 3 is 2.23 bits per heavy atom. The maximum Gasteiger partial charge on any atom is 0.152 e. The van der Waals surface area contributed by atoms with Crippen molar-refractivity contribution in [3.05, 3.63) is 30.3 Å². The highest BCUT2D eigenvalue weighted by Gasteiger charge is 1.94. The largest absolute Gasteiger partial charge is 0.550 e. The smallest absolute Gasteiger partial charge is 0.152 e. The van der Waals surface area contributed by atoms with Gasteiger partial charge in [0, 0.05) is 17.7 Å². The molecule has 0 N–H and O–H groups in total.